The number of ketones is 1. The van der Waals surface area contributed by atoms with Crippen molar-refractivity contribution in [1.82, 2.24) is 0 Å². The molecule has 0 radical (unpaired) electrons. The first-order valence-corrected chi connectivity index (χ1v) is 7.94. The van der Waals surface area contributed by atoms with Crippen molar-refractivity contribution in [2.45, 2.75) is 25.9 Å². The lowest BCUT2D eigenvalue weighted by atomic mass is 9.92. The second-order valence-electron chi connectivity index (χ2n) is 5.35. The lowest BCUT2D eigenvalue weighted by Gasteiger charge is -2.25. The average molecular weight is 345 g/mol. The molecular formula is C18H17BrO2. The van der Waals surface area contributed by atoms with Crippen LogP contribution in [0.4, 0.5) is 0 Å². The molecule has 0 fully saturated rings. The van der Waals surface area contributed by atoms with Gasteiger partial charge in [-0.15, -0.1) is 0 Å². The molecule has 108 valence electrons. The summed E-state index contributed by atoms with van der Waals surface area (Å²) in [4.78, 5) is 12.6. The van der Waals surface area contributed by atoms with E-state index in [1.807, 2.05) is 37.3 Å². The molecule has 0 aliphatic carbocycles. The molecule has 0 amide bonds. The number of fused-ring (bicyclic) bond motifs is 1. The van der Waals surface area contributed by atoms with Gasteiger partial charge >= 0.3 is 0 Å². The Hall–Kier alpha value is -1.45. The van der Waals surface area contributed by atoms with Gasteiger partial charge in [0.05, 0.1) is 12.7 Å². The van der Waals surface area contributed by atoms with Gasteiger partial charge in [-0.3, -0.25) is 4.79 Å². The molecule has 2 aromatic rings. The van der Waals surface area contributed by atoms with Crippen LogP contribution in [0.3, 0.4) is 0 Å². The van der Waals surface area contributed by atoms with Gasteiger partial charge in [-0.1, -0.05) is 52.3 Å². The van der Waals surface area contributed by atoms with Crippen LogP contribution in [0.1, 0.15) is 39.6 Å². The van der Waals surface area contributed by atoms with E-state index in [4.69, 9.17) is 4.74 Å². The van der Waals surface area contributed by atoms with Crippen LogP contribution in [-0.4, -0.2) is 12.4 Å². The number of hydrogen-bond acceptors (Lipinski definition) is 2. The quantitative estimate of drug-likeness (QED) is 0.758. The maximum absolute atomic E-state index is 12.6. The smallest absolute Gasteiger partial charge is 0.166 e. The Morgan fingerprint density at radius 1 is 1.24 bits per heavy atom. The second-order valence-corrected chi connectivity index (χ2v) is 6.20. The molecule has 1 atom stereocenters. The first-order chi connectivity index (χ1) is 10.2. The van der Waals surface area contributed by atoms with Crippen molar-refractivity contribution in [3.63, 3.8) is 0 Å². The van der Waals surface area contributed by atoms with E-state index >= 15 is 0 Å². The predicted molar refractivity (Wildman–Crippen MR) is 86.7 cm³/mol. The number of Topliss-reactive ketones (excluding diaryl/α,β-unsaturated/α-hetero) is 1. The maximum Gasteiger partial charge on any atom is 0.166 e. The molecule has 2 nitrogen and oxygen atoms in total. The van der Waals surface area contributed by atoms with Crippen LogP contribution in [0.25, 0.3) is 0 Å². The summed E-state index contributed by atoms with van der Waals surface area (Å²) in [6.45, 7) is 2.65. The number of carbonyl (C=O) groups excluding carboxylic acids is 1. The highest BCUT2D eigenvalue weighted by Gasteiger charge is 2.24. The van der Waals surface area contributed by atoms with Crippen LogP contribution >= 0.6 is 15.9 Å². The van der Waals surface area contributed by atoms with Gasteiger partial charge in [0.1, 0.15) is 0 Å². The van der Waals surface area contributed by atoms with E-state index in [1.165, 1.54) is 5.56 Å². The summed E-state index contributed by atoms with van der Waals surface area (Å²) < 4.78 is 6.80. The van der Waals surface area contributed by atoms with E-state index < -0.39 is 0 Å². The fourth-order valence-corrected chi connectivity index (χ4v) is 3.20. The normalized spacial score (nSPS) is 17.3. The number of ether oxygens (including phenoxy) is 1. The molecule has 0 saturated heterocycles. The molecule has 0 bridgehead atoms. The van der Waals surface area contributed by atoms with E-state index in [1.54, 1.807) is 0 Å². The van der Waals surface area contributed by atoms with Crippen LogP contribution in [0, 0.1) is 6.92 Å². The maximum atomic E-state index is 12.6. The van der Waals surface area contributed by atoms with E-state index in [0.717, 1.165) is 27.6 Å². The van der Waals surface area contributed by atoms with E-state index in [-0.39, 0.29) is 11.9 Å². The minimum absolute atomic E-state index is 0.124. The lowest BCUT2D eigenvalue weighted by Crippen LogP contribution is -2.19. The summed E-state index contributed by atoms with van der Waals surface area (Å²) in [5, 5.41) is 0. The van der Waals surface area contributed by atoms with Gasteiger partial charge in [-0.05, 0) is 36.1 Å². The Labute approximate surface area is 133 Å². The van der Waals surface area contributed by atoms with Crippen LogP contribution in [0.5, 0.6) is 0 Å². The van der Waals surface area contributed by atoms with Crippen molar-refractivity contribution in [3.05, 3.63) is 69.2 Å². The van der Waals surface area contributed by atoms with Crippen LogP contribution in [0.15, 0.2) is 46.9 Å². The van der Waals surface area contributed by atoms with Gasteiger partial charge in [0, 0.05) is 16.5 Å². The third kappa shape index (κ3) is 2.94. The predicted octanol–water partition coefficient (Wildman–Crippen LogP) is 4.64. The lowest BCUT2D eigenvalue weighted by molar-refractivity contribution is 0.0352. The van der Waals surface area contributed by atoms with Crippen LogP contribution < -0.4 is 0 Å². The summed E-state index contributed by atoms with van der Waals surface area (Å²) in [6, 6.07) is 14.0. The van der Waals surface area contributed by atoms with Gasteiger partial charge in [0.2, 0.25) is 0 Å². The van der Waals surface area contributed by atoms with Crippen molar-refractivity contribution >= 4 is 21.7 Å². The minimum Gasteiger partial charge on any atom is -0.373 e. The molecule has 0 saturated carbocycles. The topological polar surface area (TPSA) is 26.3 Å². The van der Waals surface area contributed by atoms with Crippen molar-refractivity contribution in [1.29, 1.82) is 0 Å². The standard InChI is InChI=1S/C18H17BrO2/c1-12-14(7-4-8-16(12)19)17(20)11-18-15-6-3-2-5-13(15)9-10-21-18/h2-8,18H,9-11H2,1H3. The molecule has 2 aromatic carbocycles. The Morgan fingerprint density at radius 3 is 2.90 bits per heavy atom. The zero-order valence-electron chi connectivity index (χ0n) is 11.9. The first-order valence-electron chi connectivity index (χ1n) is 7.14. The minimum atomic E-state index is -0.124. The van der Waals surface area contributed by atoms with Crippen LogP contribution in [0.2, 0.25) is 0 Å². The average Bonchev–Trinajstić information content (AvgIpc) is 2.50. The third-order valence-corrected chi connectivity index (χ3v) is 4.89. The molecule has 0 N–H and O–H groups in total. The Morgan fingerprint density at radius 2 is 2.05 bits per heavy atom. The number of carbonyl (C=O) groups is 1. The molecule has 1 heterocycles. The summed E-state index contributed by atoms with van der Waals surface area (Å²) in [5.74, 6) is 0.135. The zero-order valence-corrected chi connectivity index (χ0v) is 13.5. The van der Waals surface area contributed by atoms with E-state index in [0.29, 0.717) is 13.0 Å². The van der Waals surface area contributed by atoms with Crippen molar-refractivity contribution in [3.8, 4) is 0 Å². The van der Waals surface area contributed by atoms with Crippen LogP contribution in [-0.2, 0) is 11.2 Å². The van der Waals surface area contributed by atoms with Gasteiger partial charge in [-0.2, -0.15) is 0 Å². The number of hydrogen-bond donors (Lipinski definition) is 0. The highest BCUT2D eigenvalue weighted by molar-refractivity contribution is 9.10. The monoisotopic (exact) mass is 344 g/mol. The Bertz CT molecular complexity index is 679. The Balaban J connectivity index is 1.85. The summed E-state index contributed by atoms with van der Waals surface area (Å²) in [5.41, 5.74) is 4.22. The highest BCUT2D eigenvalue weighted by Crippen LogP contribution is 2.31. The van der Waals surface area contributed by atoms with Gasteiger partial charge < -0.3 is 4.74 Å². The van der Waals surface area contributed by atoms with Gasteiger partial charge in [0.15, 0.2) is 5.78 Å². The number of rotatable bonds is 3. The fourth-order valence-electron chi connectivity index (χ4n) is 2.83. The fraction of sp³-hybridized carbons (Fsp3) is 0.278. The summed E-state index contributed by atoms with van der Waals surface area (Å²) >= 11 is 3.48. The third-order valence-electron chi connectivity index (χ3n) is 4.03. The van der Waals surface area contributed by atoms with Crippen molar-refractivity contribution in [2.75, 3.05) is 6.61 Å². The van der Waals surface area contributed by atoms with Crippen molar-refractivity contribution < 1.29 is 9.53 Å². The number of halogens is 1. The largest absolute Gasteiger partial charge is 0.373 e. The molecule has 3 rings (SSSR count). The molecule has 1 aliphatic heterocycles. The molecule has 3 heteroatoms. The molecule has 21 heavy (non-hydrogen) atoms. The van der Waals surface area contributed by atoms with Crippen molar-refractivity contribution in [2.24, 2.45) is 0 Å². The molecule has 0 spiro atoms. The molecule has 0 aromatic heterocycles. The molecule has 1 aliphatic rings. The van der Waals surface area contributed by atoms with Gasteiger partial charge in [-0.25, -0.2) is 0 Å². The SMILES string of the molecule is Cc1c(Br)cccc1C(=O)CC1OCCc2ccccc21. The first kappa shape index (κ1) is 14.5. The van der Waals surface area contributed by atoms with E-state index in [9.17, 15) is 4.79 Å². The molecule has 1 unspecified atom stereocenters. The number of benzene rings is 2. The summed E-state index contributed by atoms with van der Waals surface area (Å²) in [7, 11) is 0. The van der Waals surface area contributed by atoms with E-state index in [2.05, 4.69) is 28.1 Å². The van der Waals surface area contributed by atoms with Gasteiger partial charge in [0.25, 0.3) is 0 Å². The summed E-state index contributed by atoms with van der Waals surface area (Å²) in [6.07, 6.45) is 1.20. The molecular weight excluding hydrogens is 328 g/mol. The second kappa shape index (κ2) is 6.12. The highest BCUT2D eigenvalue weighted by atomic mass is 79.9. The Kier molecular flexibility index (Phi) is 4.22. The zero-order chi connectivity index (χ0) is 14.8.